The minimum atomic E-state index is -0.0211. The zero-order valence-electron chi connectivity index (χ0n) is 26.6. The number of aromatic nitrogens is 3. The highest BCUT2D eigenvalue weighted by Crippen LogP contribution is 2.54. The standard InChI is InChI=1S/C43H35N3/c1-42(2)37-24-12-11-19-34(37)36-27-30(25-26-38(36)43(42,3)4)31-20-13-22-33-32(31)21-14-23-35(33)41-45-39(28-15-7-5-8-16-28)44-40(46-41)29-17-9-6-10-18-29/h5-27H,1-4H3. The Morgan fingerprint density at radius 1 is 0.348 bits per heavy atom. The molecular weight excluding hydrogens is 558 g/mol. The normalized spacial score (nSPS) is 14.4. The van der Waals surface area contributed by atoms with E-state index in [1.165, 1.54) is 38.8 Å². The Morgan fingerprint density at radius 2 is 0.826 bits per heavy atom. The predicted molar refractivity (Wildman–Crippen MR) is 191 cm³/mol. The number of benzene rings is 6. The summed E-state index contributed by atoms with van der Waals surface area (Å²) in [5, 5.41) is 2.29. The Kier molecular flexibility index (Phi) is 6.47. The summed E-state index contributed by atoms with van der Waals surface area (Å²) >= 11 is 0. The van der Waals surface area contributed by atoms with E-state index in [4.69, 9.17) is 15.0 Å². The molecule has 3 nitrogen and oxygen atoms in total. The third-order valence-corrected chi connectivity index (χ3v) is 10.3. The Balaban J connectivity index is 1.31. The lowest BCUT2D eigenvalue weighted by molar-refractivity contribution is 0.299. The van der Waals surface area contributed by atoms with Gasteiger partial charge in [0.2, 0.25) is 0 Å². The summed E-state index contributed by atoms with van der Waals surface area (Å²) in [6, 6.07) is 49.3. The third kappa shape index (κ3) is 4.38. The van der Waals surface area contributed by atoms with E-state index in [0.29, 0.717) is 17.5 Å². The van der Waals surface area contributed by atoms with Crippen molar-refractivity contribution in [3.05, 3.63) is 151 Å². The molecule has 0 bridgehead atoms. The van der Waals surface area contributed by atoms with Crippen LogP contribution in [0.2, 0.25) is 0 Å². The van der Waals surface area contributed by atoms with Crippen LogP contribution in [0.4, 0.5) is 0 Å². The molecule has 6 aromatic carbocycles. The third-order valence-electron chi connectivity index (χ3n) is 10.3. The fourth-order valence-electron chi connectivity index (χ4n) is 7.10. The van der Waals surface area contributed by atoms with Crippen LogP contribution in [0.5, 0.6) is 0 Å². The van der Waals surface area contributed by atoms with Crippen molar-refractivity contribution in [3.8, 4) is 56.4 Å². The summed E-state index contributed by atoms with van der Waals surface area (Å²) in [6.45, 7) is 9.52. The van der Waals surface area contributed by atoms with Crippen molar-refractivity contribution in [2.45, 2.75) is 38.5 Å². The van der Waals surface area contributed by atoms with Crippen LogP contribution >= 0.6 is 0 Å². The maximum atomic E-state index is 5.04. The second kappa shape index (κ2) is 10.6. The van der Waals surface area contributed by atoms with E-state index in [-0.39, 0.29) is 10.8 Å². The maximum absolute atomic E-state index is 5.04. The van der Waals surface area contributed by atoms with E-state index in [9.17, 15) is 0 Å². The molecule has 46 heavy (non-hydrogen) atoms. The average molecular weight is 594 g/mol. The van der Waals surface area contributed by atoms with E-state index in [1.54, 1.807) is 0 Å². The van der Waals surface area contributed by atoms with E-state index in [2.05, 4.69) is 107 Å². The van der Waals surface area contributed by atoms with Crippen LogP contribution < -0.4 is 0 Å². The van der Waals surface area contributed by atoms with Gasteiger partial charge in [-0.2, -0.15) is 0 Å². The zero-order chi connectivity index (χ0) is 31.5. The number of nitrogens with zero attached hydrogens (tertiary/aromatic N) is 3. The highest BCUT2D eigenvalue weighted by molar-refractivity contribution is 6.04. The lowest BCUT2D eigenvalue weighted by Crippen LogP contribution is -2.43. The molecule has 1 aliphatic carbocycles. The number of fused-ring (bicyclic) bond motifs is 4. The van der Waals surface area contributed by atoms with Crippen LogP contribution in [0.25, 0.3) is 67.2 Å². The predicted octanol–water partition coefficient (Wildman–Crippen LogP) is 10.9. The van der Waals surface area contributed by atoms with Crippen LogP contribution in [-0.2, 0) is 10.8 Å². The topological polar surface area (TPSA) is 38.7 Å². The van der Waals surface area contributed by atoms with Gasteiger partial charge in [-0.05, 0) is 61.0 Å². The summed E-state index contributed by atoms with van der Waals surface area (Å²) in [5.74, 6) is 1.99. The monoisotopic (exact) mass is 593 g/mol. The van der Waals surface area contributed by atoms with E-state index in [0.717, 1.165) is 22.1 Å². The average Bonchev–Trinajstić information content (AvgIpc) is 3.11. The van der Waals surface area contributed by atoms with Gasteiger partial charge in [-0.1, -0.05) is 161 Å². The summed E-state index contributed by atoms with van der Waals surface area (Å²) < 4.78 is 0. The molecule has 1 aromatic heterocycles. The van der Waals surface area contributed by atoms with Gasteiger partial charge in [0.05, 0.1) is 0 Å². The second-order valence-corrected chi connectivity index (χ2v) is 13.3. The van der Waals surface area contributed by atoms with E-state index < -0.39 is 0 Å². The van der Waals surface area contributed by atoms with Crippen molar-refractivity contribution < 1.29 is 0 Å². The highest BCUT2D eigenvalue weighted by atomic mass is 15.0. The van der Waals surface area contributed by atoms with Crippen LogP contribution in [0.1, 0.15) is 38.8 Å². The Hall–Kier alpha value is -5.41. The molecule has 1 aliphatic rings. The zero-order valence-corrected chi connectivity index (χ0v) is 26.6. The van der Waals surface area contributed by atoms with Crippen molar-refractivity contribution in [2.75, 3.05) is 0 Å². The summed E-state index contributed by atoms with van der Waals surface area (Å²) in [4.78, 5) is 15.0. The van der Waals surface area contributed by atoms with Crippen molar-refractivity contribution >= 4 is 10.8 Å². The van der Waals surface area contributed by atoms with Gasteiger partial charge in [0, 0.05) is 16.7 Å². The lowest BCUT2D eigenvalue weighted by Gasteiger charge is -2.48. The quantitative estimate of drug-likeness (QED) is 0.204. The minimum absolute atomic E-state index is 0.00814. The molecule has 0 N–H and O–H groups in total. The smallest absolute Gasteiger partial charge is 0.164 e. The molecule has 7 aromatic rings. The second-order valence-electron chi connectivity index (χ2n) is 13.3. The van der Waals surface area contributed by atoms with Crippen LogP contribution in [-0.4, -0.2) is 15.0 Å². The van der Waals surface area contributed by atoms with Gasteiger partial charge < -0.3 is 0 Å². The lowest BCUT2D eigenvalue weighted by atomic mass is 9.55. The molecule has 0 aliphatic heterocycles. The number of hydrogen-bond acceptors (Lipinski definition) is 3. The van der Waals surface area contributed by atoms with Crippen LogP contribution in [0.3, 0.4) is 0 Å². The molecule has 8 rings (SSSR count). The van der Waals surface area contributed by atoms with E-state index >= 15 is 0 Å². The minimum Gasteiger partial charge on any atom is -0.208 e. The first-order chi connectivity index (χ1) is 22.3. The fraction of sp³-hybridized carbons (Fsp3) is 0.140. The Labute approximate surface area is 270 Å². The summed E-state index contributed by atoms with van der Waals surface area (Å²) in [7, 11) is 0. The van der Waals surface area contributed by atoms with Gasteiger partial charge >= 0.3 is 0 Å². The molecule has 3 heteroatoms. The molecule has 222 valence electrons. The highest BCUT2D eigenvalue weighted by Gasteiger charge is 2.45. The van der Waals surface area contributed by atoms with Crippen molar-refractivity contribution in [3.63, 3.8) is 0 Å². The first kappa shape index (κ1) is 28.1. The van der Waals surface area contributed by atoms with Gasteiger partial charge in [0.15, 0.2) is 17.5 Å². The SMILES string of the molecule is CC1(C)c2ccccc2-c2cc(-c3cccc4c(-c5nc(-c6ccccc6)nc(-c6ccccc6)n5)cccc34)ccc2C1(C)C. The maximum Gasteiger partial charge on any atom is 0.164 e. The first-order valence-corrected chi connectivity index (χ1v) is 16.0. The molecular formula is C43H35N3. The Bertz CT molecular complexity index is 2190. The molecule has 1 heterocycles. The molecule has 0 radical (unpaired) electrons. The van der Waals surface area contributed by atoms with Crippen molar-refractivity contribution in [2.24, 2.45) is 0 Å². The largest absolute Gasteiger partial charge is 0.208 e. The molecule has 0 unspecified atom stereocenters. The van der Waals surface area contributed by atoms with Gasteiger partial charge in [-0.25, -0.2) is 15.0 Å². The summed E-state index contributed by atoms with van der Waals surface area (Å²) in [6.07, 6.45) is 0. The molecule has 0 atom stereocenters. The molecule has 0 saturated heterocycles. The van der Waals surface area contributed by atoms with Gasteiger partial charge in [-0.15, -0.1) is 0 Å². The number of rotatable bonds is 4. The fourth-order valence-corrected chi connectivity index (χ4v) is 7.10. The molecule has 0 saturated carbocycles. The molecule has 0 amide bonds. The van der Waals surface area contributed by atoms with Gasteiger partial charge in [0.1, 0.15) is 0 Å². The molecule has 0 fully saturated rings. The van der Waals surface area contributed by atoms with E-state index in [1.807, 2.05) is 60.7 Å². The van der Waals surface area contributed by atoms with Crippen LogP contribution in [0.15, 0.2) is 140 Å². The summed E-state index contributed by atoms with van der Waals surface area (Å²) in [5.41, 5.74) is 10.8. The Morgan fingerprint density at radius 3 is 1.46 bits per heavy atom. The van der Waals surface area contributed by atoms with Gasteiger partial charge in [-0.3, -0.25) is 0 Å². The van der Waals surface area contributed by atoms with Crippen molar-refractivity contribution in [1.29, 1.82) is 0 Å². The van der Waals surface area contributed by atoms with Crippen molar-refractivity contribution in [1.82, 2.24) is 15.0 Å². The van der Waals surface area contributed by atoms with Gasteiger partial charge in [0.25, 0.3) is 0 Å². The molecule has 0 spiro atoms. The number of hydrogen-bond donors (Lipinski definition) is 0. The van der Waals surface area contributed by atoms with Crippen LogP contribution in [0, 0.1) is 0 Å². The first-order valence-electron chi connectivity index (χ1n) is 16.0.